The van der Waals surface area contributed by atoms with Crippen molar-refractivity contribution in [2.24, 2.45) is 0 Å². The van der Waals surface area contributed by atoms with Crippen LogP contribution in [0.4, 0.5) is 0 Å². The molecule has 1 saturated heterocycles. The molecule has 0 spiro atoms. The number of likely N-dealkylation sites (N-methyl/N-ethyl adjacent to an activating group) is 1. The molecule has 4 nitrogen and oxygen atoms in total. The summed E-state index contributed by atoms with van der Waals surface area (Å²) >= 11 is 3.63. The molecule has 0 amide bonds. The lowest BCUT2D eigenvalue weighted by molar-refractivity contribution is 0.200. The lowest BCUT2D eigenvalue weighted by Crippen LogP contribution is -2.44. The highest BCUT2D eigenvalue weighted by atomic mass is 79.9. The summed E-state index contributed by atoms with van der Waals surface area (Å²) < 4.78 is 3.24. The normalized spacial score (nSPS) is 21.5. The van der Waals surface area contributed by atoms with Gasteiger partial charge in [0.1, 0.15) is 5.82 Å². The Hall–Kier alpha value is -1.59. The molecule has 0 N–H and O–H groups in total. The first-order valence-corrected chi connectivity index (χ1v) is 9.40. The van der Waals surface area contributed by atoms with Gasteiger partial charge in [0, 0.05) is 36.2 Å². The van der Waals surface area contributed by atoms with Crippen LogP contribution in [-0.2, 0) is 0 Å². The van der Waals surface area contributed by atoms with Gasteiger partial charge in [-0.1, -0.05) is 28.9 Å². The Morgan fingerprint density at radius 2 is 1.92 bits per heavy atom. The van der Waals surface area contributed by atoms with Crippen LogP contribution in [0, 0.1) is 0 Å². The number of hydrogen-bond donors (Lipinski definition) is 0. The van der Waals surface area contributed by atoms with Crippen molar-refractivity contribution in [1.82, 2.24) is 19.6 Å². The van der Waals surface area contributed by atoms with Crippen LogP contribution in [0.1, 0.15) is 24.8 Å². The molecule has 1 fully saturated rings. The third-order valence-electron chi connectivity index (χ3n) is 5.16. The van der Waals surface area contributed by atoms with Crippen molar-refractivity contribution in [2.75, 3.05) is 33.2 Å². The Kier molecular flexibility index (Phi) is 4.22. The number of rotatable bonds is 1. The summed E-state index contributed by atoms with van der Waals surface area (Å²) in [5.74, 6) is 1.74. The van der Waals surface area contributed by atoms with E-state index < -0.39 is 0 Å². The summed E-state index contributed by atoms with van der Waals surface area (Å²) in [6.07, 6.45) is 5.33. The second-order valence-corrected chi connectivity index (χ2v) is 7.76. The van der Waals surface area contributed by atoms with Gasteiger partial charge < -0.3 is 9.80 Å². The summed E-state index contributed by atoms with van der Waals surface area (Å²) in [7, 11) is 2.19. The van der Waals surface area contributed by atoms with Crippen LogP contribution in [0.15, 0.2) is 41.0 Å². The van der Waals surface area contributed by atoms with E-state index in [-0.39, 0.29) is 0 Å². The largest absolute Gasteiger partial charge is 0.354 e. The Labute approximate surface area is 151 Å². The van der Waals surface area contributed by atoms with Crippen molar-refractivity contribution in [1.29, 1.82) is 0 Å². The van der Waals surface area contributed by atoms with E-state index in [2.05, 4.69) is 79.8 Å². The maximum absolute atomic E-state index is 4.67. The first-order chi connectivity index (χ1) is 11.6. The van der Waals surface area contributed by atoms with Gasteiger partial charge >= 0.3 is 0 Å². The molecule has 24 heavy (non-hydrogen) atoms. The lowest BCUT2D eigenvalue weighted by Gasteiger charge is -2.36. The molecule has 1 aromatic carbocycles. The van der Waals surface area contributed by atoms with E-state index >= 15 is 0 Å². The van der Waals surface area contributed by atoms with Gasteiger partial charge in [0.2, 0.25) is 0 Å². The van der Waals surface area contributed by atoms with Crippen molar-refractivity contribution in [3.8, 4) is 11.3 Å². The molecule has 1 aromatic heterocycles. The first-order valence-electron chi connectivity index (χ1n) is 8.61. The van der Waals surface area contributed by atoms with Crippen molar-refractivity contribution >= 4 is 21.8 Å². The number of aromatic nitrogens is 2. The third kappa shape index (κ3) is 2.80. The highest BCUT2D eigenvalue weighted by Gasteiger charge is 2.24. The van der Waals surface area contributed by atoms with E-state index in [1.165, 1.54) is 22.6 Å². The number of piperazine rings is 1. The fraction of sp³-hybridized carbons (Fsp3) is 0.421. The van der Waals surface area contributed by atoms with E-state index in [1.54, 1.807) is 0 Å². The average Bonchev–Trinajstić information content (AvgIpc) is 3.04. The fourth-order valence-electron chi connectivity index (χ4n) is 3.66. The predicted molar refractivity (Wildman–Crippen MR) is 102 cm³/mol. The van der Waals surface area contributed by atoms with E-state index in [9.17, 15) is 0 Å². The minimum absolute atomic E-state index is 0.499. The second kappa shape index (κ2) is 6.37. The zero-order valence-electron chi connectivity index (χ0n) is 14.2. The smallest absolute Gasteiger partial charge is 0.126 e. The van der Waals surface area contributed by atoms with Gasteiger partial charge in [-0.15, -0.1) is 0 Å². The highest BCUT2D eigenvalue weighted by molar-refractivity contribution is 9.10. The van der Waals surface area contributed by atoms with E-state index in [0.29, 0.717) is 5.92 Å². The van der Waals surface area contributed by atoms with Crippen molar-refractivity contribution in [2.45, 2.75) is 19.3 Å². The molecular weight excluding hydrogens is 364 g/mol. The molecule has 1 atom stereocenters. The summed E-state index contributed by atoms with van der Waals surface area (Å²) in [5.41, 5.74) is 3.87. The van der Waals surface area contributed by atoms with Crippen LogP contribution in [0.2, 0.25) is 0 Å². The molecule has 0 saturated carbocycles. The zero-order valence-corrected chi connectivity index (χ0v) is 15.8. The average molecular weight is 387 g/mol. The van der Waals surface area contributed by atoms with Crippen LogP contribution in [0.3, 0.4) is 0 Å². The quantitative estimate of drug-likeness (QED) is 0.743. The van der Waals surface area contributed by atoms with Gasteiger partial charge in [0.25, 0.3) is 0 Å². The van der Waals surface area contributed by atoms with Crippen LogP contribution < -0.4 is 0 Å². The van der Waals surface area contributed by atoms with Gasteiger partial charge in [-0.3, -0.25) is 0 Å². The molecule has 2 aliphatic heterocycles. The van der Waals surface area contributed by atoms with Crippen LogP contribution in [-0.4, -0.2) is 52.8 Å². The first kappa shape index (κ1) is 15.9. The molecular formula is C19H23BrN4. The molecule has 0 bridgehead atoms. The Balaban J connectivity index is 1.80. The van der Waals surface area contributed by atoms with Gasteiger partial charge in [0.15, 0.2) is 0 Å². The summed E-state index contributed by atoms with van der Waals surface area (Å²) in [5, 5.41) is 4.67. The SMILES string of the molecule is CC1CC=C(N2CCN(C)CC2)n2nccc2-c2cc(Br)ccc21. The highest BCUT2D eigenvalue weighted by Crippen LogP contribution is 2.37. The topological polar surface area (TPSA) is 24.3 Å². The van der Waals surface area contributed by atoms with Crippen molar-refractivity contribution in [3.63, 3.8) is 0 Å². The molecule has 3 heterocycles. The maximum Gasteiger partial charge on any atom is 0.126 e. The minimum atomic E-state index is 0.499. The molecule has 126 valence electrons. The van der Waals surface area contributed by atoms with Crippen LogP contribution in [0.5, 0.6) is 0 Å². The van der Waals surface area contributed by atoms with Crippen LogP contribution >= 0.6 is 15.9 Å². The van der Waals surface area contributed by atoms with Gasteiger partial charge in [-0.2, -0.15) is 5.10 Å². The number of allylic oxidation sites excluding steroid dienone is 1. The third-order valence-corrected chi connectivity index (χ3v) is 5.66. The second-order valence-electron chi connectivity index (χ2n) is 6.85. The zero-order chi connectivity index (χ0) is 16.7. The summed E-state index contributed by atoms with van der Waals surface area (Å²) in [6, 6.07) is 8.75. The molecule has 0 radical (unpaired) electrons. The standard InChI is InChI=1S/C19H23BrN4/c1-14-3-6-19(23-11-9-22(2)10-12-23)24-18(7-8-21-24)17-13-15(20)4-5-16(14)17/h4-8,13-14H,3,9-12H2,1-2H3. The summed E-state index contributed by atoms with van der Waals surface area (Å²) in [4.78, 5) is 4.87. The molecule has 1 unspecified atom stereocenters. The molecule has 0 aliphatic carbocycles. The van der Waals surface area contributed by atoms with E-state index in [1.807, 2.05) is 6.20 Å². The fourth-order valence-corrected chi connectivity index (χ4v) is 4.03. The van der Waals surface area contributed by atoms with Crippen molar-refractivity contribution in [3.05, 3.63) is 46.6 Å². The number of benzene rings is 1. The van der Waals surface area contributed by atoms with Gasteiger partial charge in [0.05, 0.1) is 11.9 Å². The number of hydrogen-bond acceptors (Lipinski definition) is 3. The lowest BCUT2D eigenvalue weighted by atomic mass is 9.90. The number of nitrogens with zero attached hydrogens (tertiary/aromatic N) is 4. The van der Waals surface area contributed by atoms with E-state index in [4.69, 9.17) is 0 Å². The van der Waals surface area contributed by atoms with Crippen molar-refractivity contribution < 1.29 is 0 Å². The summed E-state index contributed by atoms with van der Waals surface area (Å²) in [6.45, 7) is 6.64. The predicted octanol–water partition coefficient (Wildman–Crippen LogP) is 3.87. The Morgan fingerprint density at radius 1 is 1.12 bits per heavy atom. The van der Waals surface area contributed by atoms with Gasteiger partial charge in [-0.25, -0.2) is 4.68 Å². The monoisotopic (exact) mass is 386 g/mol. The molecule has 2 aromatic rings. The molecule has 2 aliphatic rings. The van der Waals surface area contributed by atoms with Gasteiger partial charge in [-0.05, 0) is 49.2 Å². The Morgan fingerprint density at radius 3 is 2.71 bits per heavy atom. The molecule has 5 heteroatoms. The van der Waals surface area contributed by atoms with E-state index in [0.717, 1.165) is 37.1 Å². The minimum Gasteiger partial charge on any atom is -0.354 e. The maximum atomic E-state index is 4.67. The Bertz CT molecular complexity index is 771. The number of fused-ring (bicyclic) bond motifs is 3. The molecule has 4 rings (SSSR count). The number of halogens is 1. The van der Waals surface area contributed by atoms with Crippen LogP contribution in [0.25, 0.3) is 17.1 Å².